The molecular formula is C16H20N2O4S2. The fourth-order valence-electron chi connectivity index (χ4n) is 2.28. The van der Waals surface area contributed by atoms with Crippen LogP contribution in [0.4, 0.5) is 0 Å². The van der Waals surface area contributed by atoms with Gasteiger partial charge in [-0.2, -0.15) is 0 Å². The molecule has 1 heterocycles. The molecule has 2 N–H and O–H groups in total. The summed E-state index contributed by atoms with van der Waals surface area (Å²) in [4.78, 5) is 13.2. The van der Waals surface area contributed by atoms with E-state index in [1.165, 1.54) is 12.1 Å². The molecule has 1 unspecified atom stereocenters. The molecule has 130 valence electrons. The molecule has 0 saturated heterocycles. The Kier molecular flexibility index (Phi) is 6.11. The first-order chi connectivity index (χ1) is 11.3. The fraction of sp³-hybridized carbons (Fsp3) is 0.312. The number of aliphatic carboxylic acids is 1. The molecule has 0 spiro atoms. The Hall–Kier alpha value is -1.74. The minimum Gasteiger partial charge on any atom is -0.481 e. The van der Waals surface area contributed by atoms with E-state index in [4.69, 9.17) is 5.11 Å². The van der Waals surface area contributed by atoms with Crippen molar-refractivity contribution in [1.82, 2.24) is 9.62 Å². The number of nitrogens with zero attached hydrogens (tertiary/aromatic N) is 1. The van der Waals surface area contributed by atoms with Crippen LogP contribution in [-0.2, 0) is 21.2 Å². The highest BCUT2D eigenvalue weighted by Crippen LogP contribution is 2.23. The molecule has 0 bridgehead atoms. The molecule has 1 aromatic heterocycles. The topological polar surface area (TPSA) is 86.7 Å². The van der Waals surface area contributed by atoms with Crippen molar-refractivity contribution in [3.05, 3.63) is 52.9 Å². The first kappa shape index (κ1) is 18.6. The predicted octanol–water partition coefficient (Wildman–Crippen LogP) is 1.96. The summed E-state index contributed by atoms with van der Waals surface area (Å²) >= 11 is 0.979. The Labute approximate surface area is 145 Å². The van der Waals surface area contributed by atoms with Crippen molar-refractivity contribution in [3.8, 4) is 0 Å². The standard InChI is InChI=1S/C16H20N2O4S2/c1-18(2)14(12-6-4-3-5-7-12)11-17-24(21,22)16-9-8-13(23-16)10-15(19)20/h3-9,14,17H,10-11H2,1-2H3,(H,19,20). The molecule has 0 saturated carbocycles. The van der Waals surface area contributed by atoms with Gasteiger partial charge in [-0.15, -0.1) is 11.3 Å². The van der Waals surface area contributed by atoms with Gasteiger partial charge in [-0.25, -0.2) is 13.1 Å². The maximum absolute atomic E-state index is 12.4. The van der Waals surface area contributed by atoms with Crippen LogP contribution in [0.25, 0.3) is 0 Å². The SMILES string of the molecule is CN(C)C(CNS(=O)(=O)c1ccc(CC(=O)O)s1)c1ccccc1. The van der Waals surface area contributed by atoms with Crippen molar-refractivity contribution < 1.29 is 18.3 Å². The quantitative estimate of drug-likeness (QED) is 0.744. The second-order valence-electron chi connectivity index (χ2n) is 5.53. The molecule has 24 heavy (non-hydrogen) atoms. The van der Waals surface area contributed by atoms with Gasteiger partial charge >= 0.3 is 5.97 Å². The van der Waals surface area contributed by atoms with Crippen LogP contribution in [0.2, 0.25) is 0 Å². The summed E-state index contributed by atoms with van der Waals surface area (Å²) in [5.41, 5.74) is 1.02. The van der Waals surface area contributed by atoms with Gasteiger partial charge in [-0.05, 0) is 31.8 Å². The van der Waals surface area contributed by atoms with Gasteiger partial charge in [0, 0.05) is 17.5 Å². The number of carboxylic acid groups (broad SMARTS) is 1. The average Bonchev–Trinajstić information content (AvgIpc) is 2.96. The first-order valence-corrected chi connectivity index (χ1v) is 9.61. The molecule has 1 aromatic carbocycles. The van der Waals surface area contributed by atoms with E-state index >= 15 is 0 Å². The predicted molar refractivity (Wildman–Crippen MR) is 93.7 cm³/mol. The number of likely N-dealkylation sites (N-methyl/N-ethyl adjacent to an activating group) is 1. The van der Waals surface area contributed by atoms with E-state index in [1.807, 2.05) is 49.3 Å². The number of hydrogen-bond acceptors (Lipinski definition) is 5. The number of nitrogens with one attached hydrogen (secondary N) is 1. The van der Waals surface area contributed by atoms with Crippen molar-refractivity contribution in [3.63, 3.8) is 0 Å². The fourth-order valence-corrected chi connectivity index (χ4v) is 4.71. The summed E-state index contributed by atoms with van der Waals surface area (Å²) in [5, 5.41) is 8.78. The molecule has 1 atom stereocenters. The molecule has 8 heteroatoms. The average molecular weight is 368 g/mol. The van der Waals surface area contributed by atoms with Gasteiger partial charge in [-0.3, -0.25) is 4.79 Å². The molecule has 2 rings (SSSR count). The molecule has 0 aliphatic heterocycles. The van der Waals surface area contributed by atoms with Gasteiger partial charge in [0.1, 0.15) is 4.21 Å². The summed E-state index contributed by atoms with van der Waals surface area (Å²) in [7, 11) is 0.119. The number of benzene rings is 1. The van der Waals surface area contributed by atoms with Crippen LogP contribution < -0.4 is 4.72 Å². The zero-order valence-electron chi connectivity index (χ0n) is 13.5. The molecule has 0 amide bonds. The van der Waals surface area contributed by atoms with Crippen LogP contribution in [0.3, 0.4) is 0 Å². The number of rotatable bonds is 8. The minimum absolute atomic E-state index is 0.0978. The summed E-state index contributed by atoms with van der Waals surface area (Å²) in [6.07, 6.45) is -0.176. The maximum atomic E-state index is 12.4. The summed E-state index contributed by atoms with van der Waals surface area (Å²) in [6, 6.07) is 12.5. The zero-order chi connectivity index (χ0) is 17.7. The smallest absolute Gasteiger partial charge is 0.308 e. The summed E-state index contributed by atoms with van der Waals surface area (Å²) in [5.74, 6) is -0.981. The normalized spacial score (nSPS) is 13.1. The minimum atomic E-state index is -3.66. The van der Waals surface area contributed by atoms with Crippen molar-refractivity contribution >= 4 is 27.3 Å². The van der Waals surface area contributed by atoms with E-state index < -0.39 is 16.0 Å². The molecule has 6 nitrogen and oxygen atoms in total. The third-order valence-electron chi connectivity index (χ3n) is 3.50. The molecular weight excluding hydrogens is 348 g/mol. The third kappa shape index (κ3) is 4.88. The summed E-state index contributed by atoms with van der Waals surface area (Å²) in [6.45, 7) is 0.228. The van der Waals surface area contributed by atoms with Crippen LogP contribution in [0.1, 0.15) is 16.5 Å². The van der Waals surface area contributed by atoms with Crippen molar-refractivity contribution in [2.24, 2.45) is 0 Å². The van der Waals surface area contributed by atoms with E-state index in [0.29, 0.717) is 4.88 Å². The largest absolute Gasteiger partial charge is 0.481 e. The molecule has 0 aliphatic rings. The highest BCUT2D eigenvalue weighted by Gasteiger charge is 2.21. The van der Waals surface area contributed by atoms with Crippen LogP contribution in [0.5, 0.6) is 0 Å². The van der Waals surface area contributed by atoms with Crippen LogP contribution in [0, 0.1) is 0 Å². The Bertz CT molecular complexity index is 785. The lowest BCUT2D eigenvalue weighted by Crippen LogP contribution is -2.34. The maximum Gasteiger partial charge on any atom is 0.308 e. The van der Waals surface area contributed by atoms with Gasteiger partial charge in [0.15, 0.2) is 0 Å². The molecule has 0 fully saturated rings. The van der Waals surface area contributed by atoms with Gasteiger partial charge in [0.25, 0.3) is 0 Å². The van der Waals surface area contributed by atoms with Gasteiger partial charge in [0.05, 0.1) is 6.42 Å². The van der Waals surface area contributed by atoms with Crippen LogP contribution in [-0.4, -0.2) is 45.0 Å². The van der Waals surface area contributed by atoms with Gasteiger partial charge < -0.3 is 10.0 Å². The first-order valence-electron chi connectivity index (χ1n) is 7.31. The van der Waals surface area contributed by atoms with E-state index in [0.717, 1.165) is 16.9 Å². The van der Waals surface area contributed by atoms with Crippen molar-refractivity contribution in [1.29, 1.82) is 0 Å². The lowest BCUT2D eigenvalue weighted by molar-refractivity contribution is -0.136. The molecule has 2 aromatic rings. The Morgan fingerprint density at radius 3 is 2.46 bits per heavy atom. The number of sulfonamides is 1. The van der Waals surface area contributed by atoms with Crippen LogP contribution in [0.15, 0.2) is 46.7 Å². The number of thiophene rings is 1. The number of hydrogen-bond donors (Lipinski definition) is 2. The molecule has 0 radical (unpaired) electrons. The third-order valence-corrected chi connectivity index (χ3v) is 6.50. The Balaban J connectivity index is 2.10. The highest BCUT2D eigenvalue weighted by molar-refractivity contribution is 7.91. The Morgan fingerprint density at radius 1 is 1.21 bits per heavy atom. The van der Waals surface area contributed by atoms with Gasteiger partial charge in [-0.1, -0.05) is 30.3 Å². The zero-order valence-corrected chi connectivity index (χ0v) is 15.1. The molecule has 0 aliphatic carbocycles. The lowest BCUT2D eigenvalue weighted by Gasteiger charge is -2.24. The monoisotopic (exact) mass is 368 g/mol. The Morgan fingerprint density at radius 2 is 1.88 bits per heavy atom. The van der Waals surface area contributed by atoms with E-state index in [2.05, 4.69) is 4.72 Å². The second kappa shape index (κ2) is 7.89. The number of carboxylic acids is 1. The van der Waals surface area contributed by atoms with Crippen molar-refractivity contribution in [2.75, 3.05) is 20.6 Å². The van der Waals surface area contributed by atoms with E-state index in [-0.39, 0.29) is 23.2 Å². The second-order valence-corrected chi connectivity index (χ2v) is 8.70. The lowest BCUT2D eigenvalue weighted by atomic mass is 10.1. The van der Waals surface area contributed by atoms with Gasteiger partial charge in [0.2, 0.25) is 10.0 Å². The number of carbonyl (C=O) groups is 1. The highest BCUT2D eigenvalue weighted by atomic mass is 32.2. The van der Waals surface area contributed by atoms with E-state index in [1.54, 1.807) is 0 Å². The van der Waals surface area contributed by atoms with Crippen LogP contribution >= 0.6 is 11.3 Å². The van der Waals surface area contributed by atoms with Crippen molar-refractivity contribution in [2.45, 2.75) is 16.7 Å². The summed E-state index contributed by atoms with van der Waals surface area (Å²) < 4.78 is 27.6. The van der Waals surface area contributed by atoms with E-state index in [9.17, 15) is 13.2 Å².